The molecular formula is C12H9ClN4O. The van der Waals surface area contributed by atoms with Crippen LogP contribution >= 0.6 is 11.6 Å². The molecule has 2 aromatic rings. The molecule has 0 saturated heterocycles. The molecule has 0 spiro atoms. The number of benzene rings is 1. The van der Waals surface area contributed by atoms with E-state index < -0.39 is 0 Å². The molecule has 0 radical (unpaired) electrons. The average Bonchev–Trinajstić information content (AvgIpc) is 2.71. The molecule has 2 rings (SSSR count). The molecule has 1 aromatic carbocycles. The van der Waals surface area contributed by atoms with Crippen LogP contribution in [0.3, 0.4) is 0 Å². The summed E-state index contributed by atoms with van der Waals surface area (Å²) in [5.74, 6) is -0.167. The largest absolute Gasteiger partial charge is 0.293 e. The van der Waals surface area contributed by atoms with Crippen molar-refractivity contribution >= 4 is 17.4 Å². The average molecular weight is 261 g/mol. The second-order valence-electron chi connectivity index (χ2n) is 3.76. The zero-order valence-corrected chi connectivity index (χ0v) is 10.6. The van der Waals surface area contributed by atoms with E-state index in [1.165, 1.54) is 11.6 Å². The molecule has 18 heavy (non-hydrogen) atoms. The maximum Gasteiger partial charge on any atom is 0.181 e. The van der Waals surface area contributed by atoms with Gasteiger partial charge in [0.15, 0.2) is 11.5 Å². The van der Waals surface area contributed by atoms with E-state index >= 15 is 0 Å². The van der Waals surface area contributed by atoms with E-state index in [4.69, 9.17) is 16.9 Å². The molecule has 0 aliphatic carbocycles. The summed E-state index contributed by atoms with van der Waals surface area (Å²) in [7, 11) is 0. The zero-order valence-electron chi connectivity index (χ0n) is 9.81. The second-order valence-corrected chi connectivity index (χ2v) is 4.20. The van der Waals surface area contributed by atoms with Gasteiger partial charge in [-0.2, -0.15) is 5.26 Å². The van der Waals surface area contributed by atoms with Crippen LogP contribution in [0.4, 0.5) is 0 Å². The summed E-state index contributed by atoms with van der Waals surface area (Å²) in [6, 6.07) is 6.90. The van der Waals surface area contributed by atoms with E-state index in [1.807, 2.05) is 0 Å². The highest BCUT2D eigenvalue weighted by Gasteiger charge is 2.16. The lowest BCUT2D eigenvalue weighted by Gasteiger charge is -2.05. The van der Waals surface area contributed by atoms with Crippen molar-refractivity contribution in [2.45, 2.75) is 13.8 Å². The van der Waals surface area contributed by atoms with Crippen LogP contribution in [0.15, 0.2) is 18.2 Å². The van der Waals surface area contributed by atoms with Crippen molar-refractivity contribution in [3.63, 3.8) is 0 Å². The lowest BCUT2D eigenvalue weighted by molar-refractivity contribution is 0.101. The van der Waals surface area contributed by atoms with Crippen LogP contribution in [-0.4, -0.2) is 20.8 Å². The van der Waals surface area contributed by atoms with Crippen LogP contribution in [0.2, 0.25) is 5.02 Å². The molecule has 0 N–H and O–H groups in total. The quantitative estimate of drug-likeness (QED) is 0.777. The minimum absolute atomic E-state index is 0.167. The van der Waals surface area contributed by atoms with Gasteiger partial charge < -0.3 is 0 Å². The molecule has 0 fully saturated rings. The van der Waals surface area contributed by atoms with Crippen molar-refractivity contribution in [2.24, 2.45) is 0 Å². The predicted octanol–water partition coefficient (Wildman–Crippen LogP) is 2.30. The van der Waals surface area contributed by atoms with Crippen LogP contribution < -0.4 is 0 Å². The van der Waals surface area contributed by atoms with Crippen molar-refractivity contribution in [1.29, 1.82) is 5.26 Å². The molecule has 5 nitrogen and oxygen atoms in total. The van der Waals surface area contributed by atoms with E-state index in [0.717, 1.165) is 0 Å². The first-order valence-corrected chi connectivity index (χ1v) is 5.55. The maximum absolute atomic E-state index is 11.3. The molecule has 0 aliphatic rings. The fourth-order valence-electron chi connectivity index (χ4n) is 1.66. The third kappa shape index (κ3) is 1.98. The molecule has 6 heteroatoms. The van der Waals surface area contributed by atoms with Gasteiger partial charge in [0.25, 0.3) is 0 Å². The Morgan fingerprint density at radius 3 is 2.78 bits per heavy atom. The molecule has 0 aliphatic heterocycles. The summed E-state index contributed by atoms with van der Waals surface area (Å²) in [6.45, 7) is 3.14. The fraction of sp³-hybridized carbons (Fsp3) is 0.167. The molecule has 0 amide bonds. The van der Waals surface area contributed by atoms with Gasteiger partial charge in [-0.1, -0.05) is 16.8 Å². The molecule has 0 saturated carbocycles. The summed E-state index contributed by atoms with van der Waals surface area (Å²) in [5, 5.41) is 17.2. The van der Waals surface area contributed by atoms with Crippen LogP contribution in [0.25, 0.3) is 5.69 Å². The first kappa shape index (κ1) is 12.3. The minimum Gasteiger partial charge on any atom is -0.293 e. The summed E-state index contributed by atoms with van der Waals surface area (Å²) < 4.78 is 1.45. The van der Waals surface area contributed by atoms with Crippen LogP contribution in [0.1, 0.15) is 28.7 Å². The van der Waals surface area contributed by atoms with Crippen molar-refractivity contribution in [3.8, 4) is 11.8 Å². The molecular weight excluding hydrogens is 252 g/mol. The number of halogens is 1. The van der Waals surface area contributed by atoms with E-state index in [0.29, 0.717) is 27.7 Å². The number of nitriles is 1. The Hall–Kier alpha value is -2.19. The van der Waals surface area contributed by atoms with Gasteiger partial charge in [0.2, 0.25) is 0 Å². The smallest absolute Gasteiger partial charge is 0.181 e. The number of hydrogen-bond donors (Lipinski definition) is 0. The first-order chi connectivity index (χ1) is 8.54. The Balaban J connectivity index is 2.66. The van der Waals surface area contributed by atoms with E-state index in [1.54, 1.807) is 25.1 Å². The third-order valence-electron chi connectivity index (χ3n) is 2.54. The van der Waals surface area contributed by atoms with Gasteiger partial charge in [0, 0.05) is 11.9 Å². The summed E-state index contributed by atoms with van der Waals surface area (Å²) in [4.78, 5) is 11.3. The van der Waals surface area contributed by atoms with Crippen molar-refractivity contribution in [1.82, 2.24) is 15.0 Å². The van der Waals surface area contributed by atoms with Gasteiger partial charge in [-0.3, -0.25) is 4.79 Å². The summed E-state index contributed by atoms with van der Waals surface area (Å²) in [6.07, 6.45) is 0. The number of ketones is 1. The van der Waals surface area contributed by atoms with Gasteiger partial charge >= 0.3 is 0 Å². The molecule has 0 atom stereocenters. The number of carbonyl (C=O) groups excluding carboxylic acids is 1. The third-order valence-corrected chi connectivity index (χ3v) is 2.77. The highest BCUT2D eigenvalue weighted by Crippen LogP contribution is 2.21. The Morgan fingerprint density at radius 1 is 1.50 bits per heavy atom. The van der Waals surface area contributed by atoms with E-state index in [-0.39, 0.29) is 5.78 Å². The number of carbonyl (C=O) groups is 1. The van der Waals surface area contributed by atoms with Crippen LogP contribution in [-0.2, 0) is 0 Å². The van der Waals surface area contributed by atoms with Gasteiger partial charge in [-0.15, -0.1) is 5.10 Å². The van der Waals surface area contributed by atoms with Gasteiger partial charge in [0.05, 0.1) is 16.9 Å². The van der Waals surface area contributed by atoms with Crippen molar-refractivity contribution in [3.05, 3.63) is 40.2 Å². The van der Waals surface area contributed by atoms with Crippen LogP contribution in [0.5, 0.6) is 0 Å². The molecule has 0 unspecified atom stereocenters. The Labute approximate surface area is 109 Å². The summed E-state index contributed by atoms with van der Waals surface area (Å²) >= 11 is 5.91. The molecule has 1 heterocycles. The first-order valence-electron chi connectivity index (χ1n) is 5.18. The summed E-state index contributed by atoms with van der Waals surface area (Å²) in [5.41, 5.74) is 1.81. The Kier molecular flexibility index (Phi) is 3.13. The van der Waals surface area contributed by atoms with Crippen LogP contribution in [0, 0.1) is 18.3 Å². The number of rotatable bonds is 2. The minimum atomic E-state index is -0.167. The van der Waals surface area contributed by atoms with Crippen molar-refractivity contribution in [2.75, 3.05) is 0 Å². The Bertz CT molecular complexity index is 669. The highest BCUT2D eigenvalue weighted by atomic mass is 35.5. The van der Waals surface area contributed by atoms with Crippen molar-refractivity contribution < 1.29 is 4.79 Å². The lowest BCUT2D eigenvalue weighted by atomic mass is 10.2. The fourth-order valence-corrected chi connectivity index (χ4v) is 1.82. The van der Waals surface area contributed by atoms with E-state index in [9.17, 15) is 4.79 Å². The monoisotopic (exact) mass is 260 g/mol. The normalized spacial score (nSPS) is 10.1. The van der Waals surface area contributed by atoms with Gasteiger partial charge in [-0.25, -0.2) is 4.68 Å². The maximum atomic E-state index is 11.3. The lowest BCUT2D eigenvalue weighted by Crippen LogP contribution is -2.03. The SMILES string of the molecule is CC(=O)c1nnn(-c2cc(Cl)ccc2C#N)c1C. The topological polar surface area (TPSA) is 71.6 Å². The second kappa shape index (κ2) is 4.59. The van der Waals surface area contributed by atoms with Gasteiger partial charge in [-0.05, 0) is 25.1 Å². The standard InChI is InChI=1S/C12H9ClN4O/c1-7-12(8(2)18)15-16-17(7)11-5-10(13)4-3-9(11)6-14/h3-5H,1-2H3. The number of hydrogen-bond acceptors (Lipinski definition) is 4. The van der Waals surface area contributed by atoms with E-state index in [2.05, 4.69) is 16.4 Å². The van der Waals surface area contributed by atoms with Gasteiger partial charge in [0.1, 0.15) is 6.07 Å². The highest BCUT2D eigenvalue weighted by molar-refractivity contribution is 6.30. The number of Topliss-reactive ketones (excluding diaryl/α,β-unsaturated/α-hetero) is 1. The number of aromatic nitrogens is 3. The number of nitrogens with zero attached hydrogens (tertiary/aromatic N) is 4. The molecule has 0 bridgehead atoms. The molecule has 1 aromatic heterocycles. The predicted molar refractivity (Wildman–Crippen MR) is 65.8 cm³/mol. The molecule has 90 valence electrons. The Morgan fingerprint density at radius 2 is 2.22 bits per heavy atom. The zero-order chi connectivity index (χ0) is 13.3.